The first kappa shape index (κ1) is 12.3. The third-order valence-corrected chi connectivity index (χ3v) is 3.22. The molecule has 0 N–H and O–H groups in total. The SMILES string of the molecule is CSc1ncc2c(n1)CC(C(F)(F)F)CC2=O. The Labute approximate surface area is 99.8 Å². The van der Waals surface area contributed by atoms with Crippen molar-refractivity contribution in [2.24, 2.45) is 5.92 Å². The van der Waals surface area contributed by atoms with Gasteiger partial charge in [0.15, 0.2) is 10.9 Å². The molecule has 0 saturated heterocycles. The van der Waals surface area contributed by atoms with Crippen molar-refractivity contribution < 1.29 is 18.0 Å². The van der Waals surface area contributed by atoms with Gasteiger partial charge in [-0.2, -0.15) is 13.2 Å². The standard InChI is InChI=1S/C10H9F3N2OS/c1-17-9-14-4-6-7(15-9)2-5(3-8(6)16)10(11,12)13/h4-5H,2-3H2,1H3. The van der Waals surface area contributed by atoms with Gasteiger partial charge in [-0.3, -0.25) is 4.79 Å². The highest BCUT2D eigenvalue weighted by Gasteiger charge is 2.44. The number of nitrogens with zero attached hydrogens (tertiary/aromatic N) is 2. The Kier molecular flexibility index (Phi) is 3.11. The second kappa shape index (κ2) is 4.29. The molecule has 0 radical (unpaired) electrons. The molecule has 1 unspecified atom stereocenters. The molecule has 1 heterocycles. The van der Waals surface area contributed by atoms with Gasteiger partial charge in [0.1, 0.15) is 0 Å². The summed E-state index contributed by atoms with van der Waals surface area (Å²) in [5.74, 6) is -2.15. The van der Waals surface area contributed by atoms with Gasteiger partial charge in [0.25, 0.3) is 0 Å². The van der Waals surface area contributed by atoms with Gasteiger partial charge < -0.3 is 0 Å². The summed E-state index contributed by atoms with van der Waals surface area (Å²) in [5.41, 5.74) is 0.436. The summed E-state index contributed by atoms with van der Waals surface area (Å²) in [6.45, 7) is 0. The first-order valence-corrected chi connectivity index (χ1v) is 6.14. The maximum atomic E-state index is 12.6. The van der Waals surface area contributed by atoms with Crippen LogP contribution in [-0.2, 0) is 6.42 Å². The zero-order valence-electron chi connectivity index (χ0n) is 8.91. The van der Waals surface area contributed by atoms with Crippen molar-refractivity contribution in [2.75, 3.05) is 6.26 Å². The molecule has 0 spiro atoms. The zero-order chi connectivity index (χ0) is 12.6. The van der Waals surface area contributed by atoms with E-state index in [1.807, 2.05) is 0 Å². The maximum absolute atomic E-state index is 12.6. The number of hydrogen-bond donors (Lipinski definition) is 0. The fraction of sp³-hybridized carbons (Fsp3) is 0.500. The summed E-state index contributed by atoms with van der Waals surface area (Å²) in [6.07, 6.45) is -2.03. The van der Waals surface area contributed by atoms with E-state index in [0.29, 0.717) is 5.16 Å². The Morgan fingerprint density at radius 2 is 2.12 bits per heavy atom. The number of halogens is 3. The molecule has 1 aliphatic carbocycles. The number of alkyl halides is 3. The molecule has 3 nitrogen and oxygen atoms in total. The van der Waals surface area contributed by atoms with Gasteiger partial charge in [0.2, 0.25) is 0 Å². The van der Waals surface area contributed by atoms with Crippen molar-refractivity contribution >= 4 is 17.5 Å². The lowest BCUT2D eigenvalue weighted by Crippen LogP contribution is -2.32. The molecule has 92 valence electrons. The molecule has 1 aliphatic rings. The van der Waals surface area contributed by atoms with E-state index in [-0.39, 0.29) is 17.7 Å². The first-order chi connectivity index (χ1) is 7.91. The number of fused-ring (bicyclic) bond motifs is 1. The minimum absolute atomic E-state index is 0.211. The summed E-state index contributed by atoms with van der Waals surface area (Å²) in [5, 5.41) is 0.388. The molecule has 2 rings (SSSR count). The van der Waals surface area contributed by atoms with Crippen LogP contribution in [0.5, 0.6) is 0 Å². The normalized spacial score (nSPS) is 20.2. The van der Waals surface area contributed by atoms with E-state index in [0.717, 1.165) is 0 Å². The third-order valence-electron chi connectivity index (χ3n) is 2.66. The molecule has 0 aliphatic heterocycles. The number of carbonyl (C=O) groups is 1. The van der Waals surface area contributed by atoms with Gasteiger partial charge in [-0.1, -0.05) is 11.8 Å². The molecular formula is C10H9F3N2OS. The number of thioether (sulfide) groups is 1. The van der Waals surface area contributed by atoms with Crippen LogP contribution in [0.15, 0.2) is 11.4 Å². The van der Waals surface area contributed by atoms with Gasteiger partial charge in [0, 0.05) is 19.0 Å². The highest BCUT2D eigenvalue weighted by Crippen LogP contribution is 2.36. The van der Waals surface area contributed by atoms with E-state index >= 15 is 0 Å². The molecule has 1 atom stereocenters. The second-order valence-corrected chi connectivity index (χ2v) is 4.56. The summed E-state index contributed by atoms with van der Waals surface area (Å²) in [4.78, 5) is 19.4. The molecule has 7 heteroatoms. The van der Waals surface area contributed by atoms with E-state index in [4.69, 9.17) is 0 Å². The highest BCUT2D eigenvalue weighted by atomic mass is 32.2. The largest absolute Gasteiger partial charge is 0.392 e. The molecular weight excluding hydrogens is 253 g/mol. The smallest absolute Gasteiger partial charge is 0.294 e. The maximum Gasteiger partial charge on any atom is 0.392 e. The fourth-order valence-electron chi connectivity index (χ4n) is 1.76. The Bertz CT molecular complexity index is 461. The fourth-order valence-corrected chi connectivity index (χ4v) is 2.12. The number of aromatic nitrogens is 2. The Balaban J connectivity index is 2.37. The number of rotatable bonds is 1. The van der Waals surface area contributed by atoms with E-state index in [2.05, 4.69) is 9.97 Å². The van der Waals surface area contributed by atoms with Crippen LogP contribution in [0.25, 0.3) is 0 Å². The molecule has 0 fully saturated rings. The lowest BCUT2D eigenvalue weighted by atomic mass is 9.86. The number of hydrogen-bond acceptors (Lipinski definition) is 4. The van der Waals surface area contributed by atoms with Crippen LogP contribution >= 0.6 is 11.8 Å². The first-order valence-electron chi connectivity index (χ1n) is 4.91. The quantitative estimate of drug-likeness (QED) is 0.576. The molecule has 0 aromatic carbocycles. The van der Waals surface area contributed by atoms with E-state index in [1.54, 1.807) is 6.26 Å². The van der Waals surface area contributed by atoms with E-state index < -0.39 is 24.3 Å². The predicted molar refractivity (Wildman–Crippen MR) is 56.0 cm³/mol. The average molecular weight is 262 g/mol. The third kappa shape index (κ3) is 2.43. The van der Waals surface area contributed by atoms with Crippen molar-refractivity contribution in [3.8, 4) is 0 Å². The van der Waals surface area contributed by atoms with Crippen LogP contribution in [0.2, 0.25) is 0 Å². The Morgan fingerprint density at radius 3 is 2.71 bits per heavy atom. The molecule has 0 amide bonds. The number of Topliss-reactive ketones (excluding diaryl/α,β-unsaturated/α-hetero) is 1. The van der Waals surface area contributed by atoms with Gasteiger partial charge in [0.05, 0.1) is 17.2 Å². The summed E-state index contributed by atoms with van der Waals surface area (Å²) in [6, 6.07) is 0. The molecule has 0 bridgehead atoms. The van der Waals surface area contributed by atoms with Crippen molar-refractivity contribution in [1.82, 2.24) is 9.97 Å². The van der Waals surface area contributed by atoms with Crippen LogP contribution in [0.4, 0.5) is 13.2 Å². The zero-order valence-corrected chi connectivity index (χ0v) is 9.73. The molecule has 1 aromatic rings. The van der Waals surface area contributed by atoms with Crippen molar-refractivity contribution in [3.63, 3.8) is 0 Å². The number of ketones is 1. The summed E-state index contributed by atoms with van der Waals surface area (Å²) in [7, 11) is 0. The lowest BCUT2D eigenvalue weighted by Gasteiger charge is -2.24. The molecule has 1 aromatic heterocycles. The summed E-state index contributed by atoms with van der Waals surface area (Å²) < 4.78 is 37.8. The van der Waals surface area contributed by atoms with Gasteiger partial charge in [-0.25, -0.2) is 9.97 Å². The van der Waals surface area contributed by atoms with Gasteiger partial charge >= 0.3 is 6.18 Å². The minimum Gasteiger partial charge on any atom is -0.294 e. The Hall–Kier alpha value is -1.11. The topological polar surface area (TPSA) is 42.9 Å². The average Bonchev–Trinajstić information content (AvgIpc) is 2.27. The van der Waals surface area contributed by atoms with Crippen molar-refractivity contribution in [3.05, 3.63) is 17.5 Å². The van der Waals surface area contributed by atoms with Gasteiger partial charge in [-0.15, -0.1) is 0 Å². The lowest BCUT2D eigenvalue weighted by molar-refractivity contribution is -0.174. The minimum atomic E-state index is -4.35. The Morgan fingerprint density at radius 1 is 1.41 bits per heavy atom. The van der Waals surface area contributed by atoms with Crippen LogP contribution in [0, 0.1) is 5.92 Å². The van der Waals surface area contributed by atoms with Crippen LogP contribution in [-0.4, -0.2) is 28.2 Å². The van der Waals surface area contributed by atoms with E-state index in [1.165, 1.54) is 18.0 Å². The van der Waals surface area contributed by atoms with Crippen LogP contribution < -0.4 is 0 Å². The second-order valence-electron chi connectivity index (χ2n) is 3.79. The monoisotopic (exact) mass is 262 g/mol. The molecule has 0 saturated carbocycles. The molecule has 17 heavy (non-hydrogen) atoms. The highest BCUT2D eigenvalue weighted by molar-refractivity contribution is 7.98. The van der Waals surface area contributed by atoms with Crippen LogP contribution in [0.1, 0.15) is 22.5 Å². The van der Waals surface area contributed by atoms with Crippen LogP contribution in [0.3, 0.4) is 0 Å². The number of carbonyl (C=O) groups excluding carboxylic acids is 1. The predicted octanol–water partition coefficient (Wildman–Crippen LogP) is 2.51. The summed E-state index contributed by atoms with van der Waals surface area (Å²) >= 11 is 1.24. The van der Waals surface area contributed by atoms with Gasteiger partial charge in [-0.05, 0) is 6.26 Å². The van der Waals surface area contributed by atoms with Crippen molar-refractivity contribution in [2.45, 2.75) is 24.2 Å². The van der Waals surface area contributed by atoms with E-state index in [9.17, 15) is 18.0 Å². The van der Waals surface area contributed by atoms with Crippen molar-refractivity contribution in [1.29, 1.82) is 0 Å².